The van der Waals surface area contributed by atoms with Gasteiger partial charge in [-0.3, -0.25) is 0 Å². The van der Waals surface area contributed by atoms with E-state index in [4.69, 9.17) is 4.74 Å². The highest BCUT2D eigenvalue weighted by atomic mass is 16.5. The summed E-state index contributed by atoms with van der Waals surface area (Å²) in [6, 6.07) is 0. The second-order valence-electron chi connectivity index (χ2n) is 4.33. The number of hydrogen-bond donors (Lipinski definition) is 0. The van der Waals surface area contributed by atoms with E-state index in [9.17, 15) is 4.79 Å². The number of hydrogen-bond acceptors (Lipinski definition) is 3. The van der Waals surface area contributed by atoms with E-state index < -0.39 is 0 Å². The molecule has 1 aliphatic heterocycles. The Morgan fingerprint density at radius 2 is 2.07 bits per heavy atom. The van der Waals surface area contributed by atoms with Gasteiger partial charge in [0.1, 0.15) is 6.29 Å². The molecule has 3 heteroatoms. The molecule has 1 fully saturated rings. The molecule has 0 aromatic rings. The van der Waals surface area contributed by atoms with E-state index in [0.717, 1.165) is 51.9 Å². The Balaban J connectivity index is 2.46. The van der Waals surface area contributed by atoms with E-state index in [1.807, 2.05) is 0 Å². The van der Waals surface area contributed by atoms with Crippen molar-refractivity contribution < 1.29 is 9.53 Å². The smallest absolute Gasteiger partial charge is 0.127 e. The first kappa shape index (κ1) is 11.7. The molecule has 0 amide bonds. The summed E-state index contributed by atoms with van der Waals surface area (Å²) in [5.74, 6) is 0. The maximum Gasteiger partial charge on any atom is 0.127 e. The Morgan fingerprint density at radius 3 is 2.57 bits per heavy atom. The zero-order valence-electron chi connectivity index (χ0n) is 9.29. The number of ether oxygens (including phenoxy) is 1. The van der Waals surface area contributed by atoms with Crippen LogP contribution in [-0.2, 0) is 9.53 Å². The average molecular weight is 199 g/mol. The second kappa shape index (κ2) is 5.47. The first-order chi connectivity index (χ1) is 6.72. The van der Waals surface area contributed by atoms with Gasteiger partial charge in [0.15, 0.2) is 0 Å². The third-order valence-electron chi connectivity index (χ3n) is 2.93. The Morgan fingerprint density at radius 1 is 1.43 bits per heavy atom. The van der Waals surface area contributed by atoms with Crippen molar-refractivity contribution in [1.82, 2.24) is 4.90 Å². The van der Waals surface area contributed by atoms with Crippen molar-refractivity contribution in [3.63, 3.8) is 0 Å². The maximum absolute atomic E-state index is 11.1. The van der Waals surface area contributed by atoms with E-state index in [1.54, 1.807) is 0 Å². The van der Waals surface area contributed by atoms with Crippen molar-refractivity contribution in [3.05, 3.63) is 0 Å². The van der Waals surface area contributed by atoms with Crippen LogP contribution >= 0.6 is 0 Å². The van der Waals surface area contributed by atoms with Crippen molar-refractivity contribution in [2.75, 3.05) is 33.4 Å². The van der Waals surface area contributed by atoms with Gasteiger partial charge in [0, 0.05) is 25.2 Å². The monoisotopic (exact) mass is 199 g/mol. The fraction of sp³-hybridized carbons (Fsp3) is 0.909. The highest BCUT2D eigenvalue weighted by molar-refractivity contribution is 5.60. The molecule has 1 heterocycles. The number of carbonyl (C=O) groups is 1. The van der Waals surface area contributed by atoms with Crippen LogP contribution in [0.3, 0.4) is 0 Å². The van der Waals surface area contributed by atoms with Crippen LogP contribution in [0, 0.1) is 5.41 Å². The molecule has 0 atom stereocenters. The van der Waals surface area contributed by atoms with Gasteiger partial charge >= 0.3 is 0 Å². The lowest BCUT2D eigenvalue weighted by molar-refractivity contribution is -0.122. The molecular weight excluding hydrogens is 178 g/mol. The first-order valence-electron chi connectivity index (χ1n) is 5.45. The van der Waals surface area contributed by atoms with E-state index >= 15 is 0 Å². The van der Waals surface area contributed by atoms with Crippen molar-refractivity contribution in [1.29, 1.82) is 0 Å². The average Bonchev–Trinajstić information content (AvgIpc) is 2.19. The topological polar surface area (TPSA) is 29.5 Å². The van der Waals surface area contributed by atoms with Gasteiger partial charge in [-0.25, -0.2) is 0 Å². The van der Waals surface area contributed by atoms with E-state index in [0.29, 0.717) is 0 Å². The van der Waals surface area contributed by atoms with Crippen LogP contribution in [-0.4, -0.2) is 44.5 Å². The Bertz CT molecular complexity index is 176. The summed E-state index contributed by atoms with van der Waals surface area (Å²) in [4.78, 5) is 13.4. The molecule has 0 aliphatic carbocycles. The van der Waals surface area contributed by atoms with Crippen LogP contribution in [0.1, 0.15) is 26.2 Å². The summed E-state index contributed by atoms with van der Waals surface area (Å²) >= 11 is 0. The van der Waals surface area contributed by atoms with Gasteiger partial charge in [-0.05, 0) is 32.9 Å². The lowest BCUT2D eigenvalue weighted by atomic mass is 9.81. The quantitative estimate of drug-likeness (QED) is 0.625. The van der Waals surface area contributed by atoms with Gasteiger partial charge in [-0.1, -0.05) is 6.92 Å². The number of carbonyl (C=O) groups excluding carboxylic acids is 1. The fourth-order valence-electron chi connectivity index (χ4n) is 2.09. The minimum absolute atomic E-state index is 0.137. The summed E-state index contributed by atoms with van der Waals surface area (Å²) in [6.45, 7) is 5.58. The van der Waals surface area contributed by atoms with Crippen molar-refractivity contribution >= 4 is 6.29 Å². The van der Waals surface area contributed by atoms with Gasteiger partial charge in [0.2, 0.25) is 0 Å². The normalized spacial score (nSPS) is 21.1. The van der Waals surface area contributed by atoms with Gasteiger partial charge < -0.3 is 14.4 Å². The molecular formula is C11H21NO2. The lowest BCUT2D eigenvalue weighted by Crippen LogP contribution is -2.41. The largest absolute Gasteiger partial charge is 0.381 e. The molecule has 0 radical (unpaired) electrons. The maximum atomic E-state index is 11.1. The Kier molecular flexibility index (Phi) is 4.55. The summed E-state index contributed by atoms with van der Waals surface area (Å²) in [7, 11) is 2.09. The van der Waals surface area contributed by atoms with Crippen molar-refractivity contribution in [2.24, 2.45) is 5.41 Å². The van der Waals surface area contributed by atoms with E-state index in [2.05, 4.69) is 18.9 Å². The van der Waals surface area contributed by atoms with Crippen LogP contribution in [0.15, 0.2) is 0 Å². The summed E-state index contributed by atoms with van der Waals surface area (Å²) < 4.78 is 5.29. The SMILES string of the molecule is CCCN(C)CC1(C=O)CCOCC1. The van der Waals surface area contributed by atoms with Gasteiger partial charge in [-0.2, -0.15) is 0 Å². The molecule has 0 N–H and O–H groups in total. The van der Waals surface area contributed by atoms with Crippen LogP contribution < -0.4 is 0 Å². The number of rotatable bonds is 5. The highest BCUT2D eigenvalue weighted by Gasteiger charge is 2.33. The van der Waals surface area contributed by atoms with Crippen LogP contribution in [0.5, 0.6) is 0 Å². The van der Waals surface area contributed by atoms with Gasteiger partial charge in [0.05, 0.1) is 0 Å². The van der Waals surface area contributed by atoms with Gasteiger partial charge in [0.25, 0.3) is 0 Å². The summed E-state index contributed by atoms with van der Waals surface area (Å²) in [5.41, 5.74) is -0.137. The molecule has 0 spiro atoms. The number of aldehydes is 1. The molecule has 1 rings (SSSR count). The zero-order valence-corrected chi connectivity index (χ0v) is 9.29. The van der Waals surface area contributed by atoms with E-state index in [-0.39, 0.29) is 5.41 Å². The molecule has 1 aliphatic rings. The molecule has 14 heavy (non-hydrogen) atoms. The lowest BCUT2D eigenvalue weighted by Gasteiger charge is -2.35. The molecule has 1 saturated heterocycles. The van der Waals surface area contributed by atoms with E-state index in [1.165, 1.54) is 0 Å². The van der Waals surface area contributed by atoms with Gasteiger partial charge in [-0.15, -0.1) is 0 Å². The molecule has 0 saturated carbocycles. The zero-order chi connectivity index (χ0) is 10.4. The first-order valence-corrected chi connectivity index (χ1v) is 5.45. The summed E-state index contributed by atoms with van der Waals surface area (Å²) in [6.07, 6.45) is 4.04. The molecule has 0 aromatic heterocycles. The van der Waals surface area contributed by atoms with Crippen LogP contribution in [0.4, 0.5) is 0 Å². The fourth-order valence-corrected chi connectivity index (χ4v) is 2.09. The number of nitrogens with zero attached hydrogens (tertiary/aromatic N) is 1. The second-order valence-corrected chi connectivity index (χ2v) is 4.33. The van der Waals surface area contributed by atoms with Crippen molar-refractivity contribution in [2.45, 2.75) is 26.2 Å². The van der Waals surface area contributed by atoms with Crippen LogP contribution in [0.2, 0.25) is 0 Å². The highest BCUT2D eigenvalue weighted by Crippen LogP contribution is 2.28. The standard InChI is InChI=1S/C11H21NO2/c1-3-6-12(2)9-11(10-13)4-7-14-8-5-11/h10H,3-9H2,1-2H3. The molecule has 82 valence electrons. The Hall–Kier alpha value is -0.410. The minimum Gasteiger partial charge on any atom is -0.381 e. The molecule has 0 unspecified atom stereocenters. The predicted molar refractivity (Wildman–Crippen MR) is 56.3 cm³/mol. The Labute approximate surface area is 86.4 Å². The predicted octanol–water partition coefficient (Wildman–Crippen LogP) is 1.32. The third kappa shape index (κ3) is 3.07. The molecule has 0 bridgehead atoms. The third-order valence-corrected chi connectivity index (χ3v) is 2.93. The molecule has 3 nitrogen and oxygen atoms in total. The minimum atomic E-state index is -0.137. The van der Waals surface area contributed by atoms with Crippen molar-refractivity contribution in [3.8, 4) is 0 Å². The summed E-state index contributed by atoms with van der Waals surface area (Å²) in [5, 5.41) is 0. The van der Waals surface area contributed by atoms with Crippen LogP contribution in [0.25, 0.3) is 0 Å². The molecule has 0 aromatic carbocycles.